The molecule has 2 heterocycles. The predicted octanol–water partition coefficient (Wildman–Crippen LogP) is 4.85. The number of carbonyl (C=O) groups excluding carboxylic acids is 2. The van der Waals surface area contributed by atoms with Crippen molar-refractivity contribution in [3.05, 3.63) is 119 Å². The minimum atomic E-state index is -0.819. The number of carbonyl (C=O) groups is 2. The Morgan fingerprint density at radius 1 is 0.871 bits per heavy atom. The van der Waals surface area contributed by atoms with Crippen molar-refractivity contribution in [1.29, 1.82) is 0 Å². The summed E-state index contributed by atoms with van der Waals surface area (Å²) >= 11 is 1.44. The summed E-state index contributed by atoms with van der Waals surface area (Å²) in [6, 6.07) is 27.0. The first kappa shape index (κ1) is 20.5. The molecule has 0 bridgehead atoms. The Morgan fingerprint density at radius 2 is 1.58 bits per heavy atom. The van der Waals surface area contributed by atoms with Crippen molar-refractivity contribution >= 4 is 28.8 Å². The summed E-state index contributed by atoms with van der Waals surface area (Å²) in [5.41, 5.74) is 1.90. The molecule has 2 amide bonds. The average molecular weight is 428 g/mol. The molecule has 0 saturated heterocycles. The van der Waals surface area contributed by atoms with E-state index in [1.54, 1.807) is 24.4 Å². The highest BCUT2D eigenvalue weighted by atomic mass is 32.1. The van der Waals surface area contributed by atoms with Crippen LogP contribution in [-0.2, 0) is 11.3 Å². The van der Waals surface area contributed by atoms with Gasteiger partial charge >= 0.3 is 0 Å². The molecular weight excluding hydrogens is 406 g/mol. The number of benzene rings is 2. The van der Waals surface area contributed by atoms with Crippen LogP contribution in [0.3, 0.4) is 0 Å². The zero-order chi connectivity index (χ0) is 21.5. The van der Waals surface area contributed by atoms with Crippen LogP contribution in [0.2, 0.25) is 0 Å². The molecule has 0 saturated carbocycles. The number of hydrogen-bond donors (Lipinski definition) is 1. The Labute approximate surface area is 185 Å². The Hall–Kier alpha value is -3.77. The summed E-state index contributed by atoms with van der Waals surface area (Å²) in [4.78, 5) is 33.5. The molecule has 0 unspecified atom stereocenters. The largest absolute Gasteiger partial charge is 0.350 e. The molecule has 4 rings (SSSR count). The van der Waals surface area contributed by atoms with Gasteiger partial charge in [-0.05, 0) is 41.3 Å². The second kappa shape index (κ2) is 9.82. The van der Waals surface area contributed by atoms with Crippen molar-refractivity contribution in [1.82, 2.24) is 10.3 Å². The summed E-state index contributed by atoms with van der Waals surface area (Å²) in [6.45, 7) is 0.377. The summed E-state index contributed by atoms with van der Waals surface area (Å²) < 4.78 is 0. The van der Waals surface area contributed by atoms with Crippen LogP contribution in [0, 0.1) is 0 Å². The van der Waals surface area contributed by atoms with Crippen LogP contribution in [0.4, 0.5) is 5.69 Å². The highest BCUT2D eigenvalue weighted by molar-refractivity contribution is 7.10. The van der Waals surface area contributed by atoms with Crippen molar-refractivity contribution < 1.29 is 9.59 Å². The molecule has 2 aromatic carbocycles. The molecule has 154 valence electrons. The number of aromatic nitrogens is 1. The van der Waals surface area contributed by atoms with Gasteiger partial charge in [0.25, 0.3) is 5.91 Å². The first-order valence-electron chi connectivity index (χ1n) is 9.89. The van der Waals surface area contributed by atoms with E-state index in [-0.39, 0.29) is 17.5 Å². The molecule has 0 fully saturated rings. The van der Waals surface area contributed by atoms with Crippen LogP contribution in [0.5, 0.6) is 0 Å². The van der Waals surface area contributed by atoms with E-state index in [1.165, 1.54) is 16.2 Å². The van der Waals surface area contributed by atoms with Gasteiger partial charge in [0.1, 0.15) is 5.69 Å². The van der Waals surface area contributed by atoms with Crippen LogP contribution < -0.4 is 10.2 Å². The van der Waals surface area contributed by atoms with Crippen LogP contribution in [0.25, 0.3) is 0 Å². The number of anilines is 1. The molecule has 5 nitrogen and oxygen atoms in total. The van der Waals surface area contributed by atoms with E-state index < -0.39 is 6.04 Å². The zero-order valence-electron chi connectivity index (χ0n) is 16.7. The smallest absolute Gasteiger partial charge is 0.277 e. The lowest BCUT2D eigenvalue weighted by Crippen LogP contribution is -2.43. The molecule has 6 heteroatoms. The van der Waals surface area contributed by atoms with Crippen molar-refractivity contribution in [3.8, 4) is 0 Å². The number of rotatable bonds is 7. The van der Waals surface area contributed by atoms with Gasteiger partial charge in [0.05, 0.1) is 0 Å². The highest BCUT2D eigenvalue weighted by Gasteiger charge is 2.34. The molecule has 31 heavy (non-hydrogen) atoms. The fraction of sp³-hybridized carbons (Fsp3) is 0.0800. The minimum Gasteiger partial charge on any atom is -0.350 e. The SMILES string of the molecule is O=C(NCc1ccccc1)[C@@H](c1cccs1)N(C(=O)c1ccccn1)c1ccccc1. The maximum atomic E-state index is 13.5. The predicted molar refractivity (Wildman–Crippen MR) is 123 cm³/mol. The molecule has 0 aliphatic rings. The van der Waals surface area contributed by atoms with Gasteiger partial charge in [0, 0.05) is 23.3 Å². The first-order chi connectivity index (χ1) is 15.2. The van der Waals surface area contributed by atoms with E-state index in [2.05, 4.69) is 10.3 Å². The van der Waals surface area contributed by atoms with Gasteiger partial charge in [-0.3, -0.25) is 19.5 Å². The maximum Gasteiger partial charge on any atom is 0.277 e. The Bertz CT molecular complexity index is 1120. The zero-order valence-corrected chi connectivity index (χ0v) is 17.5. The van der Waals surface area contributed by atoms with E-state index >= 15 is 0 Å². The van der Waals surface area contributed by atoms with E-state index in [0.29, 0.717) is 12.2 Å². The van der Waals surface area contributed by atoms with Crippen molar-refractivity contribution in [2.45, 2.75) is 12.6 Å². The first-order valence-corrected chi connectivity index (χ1v) is 10.8. The fourth-order valence-electron chi connectivity index (χ4n) is 3.29. The van der Waals surface area contributed by atoms with E-state index in [0.717, 1.165) is 10.4 Å². The summed E-state index contributed by atoms with van der Waals surface area (Å²) in [5.74, 6) is -0.584. The second-order valence-corrected chi connectivity index (χ2v) is 7.83. The molecule has 0 spiro atoms. The third-order valence-electron chi connectivity index (χ3n) is 4.77. The molecule has 0 radical (unpaired) electrons. The second-order valence-electron chi connectivity index (χ2n) is 6.85. The van der Waals surface area contributed by atoms with Gasteiger partial charge in [-0.1, -0.05) is 60.7 Å². The molecule has 4 aromatic rings. The Balaban J connectivity index is 1.72. The van der Waals surface area contributed by atoms with Gasteiger partial charge in [-0.2, -0.15) is 0 Å². The summed E-state index contributed by atoms with van der Waals surface area (Å²) in [5, 5.41) is 4.90. The lowest BCUT2D eigenvalue weighted by atomic mass is 10.1. The quantitative estimate of drug-likeness (QED) is 0.459. The maximum absolute atomic E-state index is 13.5. The van der Waals surface area contributed by atoms with Crippen molar-refractivity contribution in [3.63, 3.8) is 0 Å². The number of hydrogen-bond acceptors (Lipinski definition) is 4. The van der Waals surface area contributed by atoms with Gasteiger partial charge < -0.3 is 5.32 Å². The van der Waals surface area contributed by atoms with Gasteiger partial charge in [0.2, 0.25) is 5.91 Å². The summed E-state index contributed by atoms with van der Waals surface area (Å²) in [7, 11) is 0. The van der Waals surface area contributed by atoms with Gasteiger partial charge in [-0.15, -0.1) is 11.3 Å². The third kappa shape index (κ3) is 4.87. The summed E-state index contributed by atoms with van der Waals surface area (Å²) in [6.07, 6.45) is 1.58. The van der Waals surface area contributed by atoms with Crippen LogP contribution in [0.1, 0.15) is 27.0 Å². The number of thiophene rings is 1. The number of nitrogens with one attached hydrogen (secondary N) is 1. The third-order valence-corrected chi connectivity index (χ3v) is 5.69. The lowest BCUT2D eigenvalue weighted by Gasteiger charge is -2.30. The Morgan fingerprint density at radius 3 is 2.23 bits per heavy atom. The van der Waals surface area contributed by atoms with Crippen LogP contribution >= 0.6 is 11.3 Å². The monoisotopic (exact) mass is 427 g/mol. The van der Waals surface area contributed by atoms with Gasteiger partial charge in [0.15, 0.2) is 6.04 Å². The van der Waals surface area contributed by atoms with E-state index in [9.17, 15) is 9.59 Å². The molecular formula is C25H21N3O2S. The van der Waals surface area contributed by atoms with Crippen molar-refractivity contribution in [2.24, 2.45) is 0 Å². The molecule has 2 aromatic heterocycles. The van der Waals surface area contributed by atoms with Crippen LogP contribution in [-0.4, -0.2) is 16.8 Å². The average Bonchev–Trinajstić information content (AvgIpc) is 3.37. The molecule has 0 aliphatic carbocycles. The topological polar surface area (TPSA) is 62.3 Å². The number of nitrogens with zero attached hydrogens (tertiary/aromatic N) is 2. The number of amides is 2. The molecule has 0 aliphatic heterocycles. The molecule has 1 N–H and O–H groups in total. The van der Waals surface area contributed by atoms with Crippen LogP contribution in [0.15, 0.2) is 103 Å². The normalized spacial score (nSPS) is 11.5. The molecule has 1 atom stereocenters. The Kier molecular flexibility index (Phi) is 6.50. The van der Waals surface area contributed by atoms with E-state index in [4.69, 9.17) is 0 Å². The number of pyridine rings is 1. The number of para-hydroxylation sites is 1. The standard InChI is InChI=1S/C25H21N3O2S/c29-24(27-18-19-10-3-1-4-11-19)23(22-15-9-17-31-22)28(20-12-5-2-6-13-20)25(30)21-14-7-8-16-26-21/h1-17,23H,18H2,(H,27,29)/t23-/m1/s1. The highest BCUT2D eigenvalue weighted by Crippen LogP contribution is 2.31. The fourth-order valence-corrected chi connectivity index (χ4v) is 4.10. The van der Waals surface area contributed by atoms with E-state index in [1.807, 2.05) is 78.2 Å². The van der Waals surface area contributed by atoms with Crippen molar-refractivity contribution in [2.75, 3.05) is 4.90 Å². The lowest BCUT2D eigenvalue weighted by molar-refractivity contribution is -0.122. The van der Waals surface area contributed by atoms with Gasteiger partial charge in [-0.25, -0.2) is 0 Å². The minimum absolute atomic E-state index is 0.251.